The highest BCUT2D eigenvalue weighted by Crippen LogP contribution is 2.31. The molecule has 3 atom stereocenters. The minimum absolute atomic E-state index is 0.892. The van der Waals surface area contributed by atoms with Crippen molar-refractivity contribution in [3.05, 3.63) is 0 Å². The van der Waals surface area contributed by atoms with Gasteiger partial charge in [-0.3, -0.25) is 4.90 Å². The summed E-state index contributed by atoms with van der Waals surface area (Å²) in [6.45, 7) is 9.77. The van der Waals surface area contributed by atoms with Crippen LogP contribution in [0.3, 0.4) is 0 Å². The molecule has 14 heavy (non-hydrogen) atoms. The van der Waals surface area contributed by atoms with Crippen molar-refractivity contribution < 1.29 is 0 Å². The molecule has 1 saturated carbocycles. The van der Waals surface area contributed by atoms with Gasteiger partial charge >= 0.3 is 0 Å². The molecule has 0 bridgehead atoms. The molecule has 2 aliphatic rings. The van der Waals surface area contributed by atoms with Crippen LogP contribution < -0.4 is 5.32 Å². The highest BCUT2D eigenvalue weighted by Gasteiger charge is 2.28. The van der Waals surface area contributed by atoms with Crippen molar-refractivity contribution in [2.75, 3.05) is 26.2 Å². The quantitative estimate of drug-likeness (QED) is 0.687. The number of rotatable bonds is 1. The molecule has 2 nitrogen and oxygen atoms in total. The molecular formula is C12H24N2. The van der Waals surface area contributed by atoms with E-state index < -0.39 is 0 Å². The van der Waals surface area contributed by atoms with Crippen LogP contribution in [-0.2, 0) is 0 Å². The molecular weight excluding hydrogens is 172 g/mol. The molecule has 82 valence electrons. The summed E-state index contributed by atoms with van der Waals surface area (Å²) in [7, 11) is 0. The van der Waals surface area contributed by atoms with Gasteiger partial charge in [-0.2, -0.15) is 0 Å². The number of nitrogens with one attached hydrogen (secondary N) is 1. The average molecular weight is 196 g/mol. The highest BCUT2D eigenvalue weighted by molar-refractivity contribution is 4.83. The van der Waals surface area contributed by atoms with Gasteiger partial charge in [0.15, 0.2) is 0 Å². The molecule has 1 N–H and O–H groups in total. The molecule has 0 aromatic carbocycles. The lowest BCUT2D eigenvalue weighted by atomic mass is 9.78. The predicted molar refractivity (Wildman–Crippen MR) is 60.4 cm³/mol. The molecule has 2 rings (SSSR count). The molecule has 0 spiro atoms. The summed E-state index contributed by atoms with van der Waals surface area (Å²) >= 11 is 0. The molecule has 0 amide bonds. The Hall–Kier alpha value is -0.0800. The zero-order valence-corrected chi connectivity index (χ0v) is 9.63. The van der Waals surface area contributed by atoms with Gasteiger partial charge in [0.05, 0.1) is 0 Å². The van der Waals surface area contributed by atoms with Crippen LogP contribution >= 0.6 is 0 Å². The van der Waals surface area contributed by atoms with E-state index in [9.17, 15) is 0 Å². The van der Waals surface area contributed by atoms with Crippen LogP contribution in [-0.4, -0.2) is 37.1 Å². The number of hydrogen-bond donors (Lipinski definition) is 1. The van der Waals surface area contributed by atoms with Crippen LogP contribution in [0.4, 0.5) is 0 Å². The Morgan fingerprint density at radius 1 is 1.00 bits per heavy atom. The first kappa shape index (κ1) is 10.4. The molecule has 0 aromatic heterocycles. The lowest BCUT2D eigenvalue weighted by Gasteiger charge is -2.41. The second-order valence-corrected chi connectivity index (χ2v) is 5.21. The fourth-order valence-corrected chi connectivity index (χ4v) is 2.90. The first-order valence-corrected chi connectivity index (χ1v) is 6.22. The van der Waals surface area contributed by atoms with Crippen LogP contribution in [0.5, 0.6) is 0 Å². The summed E-state index contributed by atoms with van der Waals surface area (Å²) in [6.07, 6.45) is 4.31. The van der Waals surface area contributed by atoms with Crippen molar-refractivity contribution >= 4 is 0 Å². The maximum absolute atomic E-state index is 3.43. The predicted octanol–water partition coefficient (Wildman–Crippen LogP) is 1.72. The van der Waals surface area contributed by atoms with E-state index in [4.69, 9.17) is 0 Å². The van der Waals surface area contributed by atoms with Crippen molar-refractivity contribution in [2.45, 2.75) is 39.2 Å². The normalized spacial score (nSPS) is 41.1. The van der Waals surface area contributed by atoms with Crippen LogP contribution in [0.1, 0.15) is 33.1 Å². The summed E-state index contributed by atoms with van der Waals surface area (Å²) in [5.74, 6) is 1.89. The summed E-state index contributed by atoms with van der Waals surface area (Å²) in [5, 5.41) is 3.43. The molecule has 0 aromatic rings. The third-order valence-electron chi connectivity index (χ3n) is 4.24. The van der Waals surface area contributed by atoms with Crippen LogP contribution in [0.2, 0.25) is 0 Å². The van der Waals surface area contributed by atoms with Crippen molar-refractivity contribution in [1.82, 2.24) is 10.2 Å². The number of nitrogens with zero attached hydrogens (tertiary/aromatic N) is 1. The van der Waals surface area contributed by atoms with E-state index in [1.165, 1.54) is 45.4 Å². The first-order chi connectivity index (χ1) is 6.77. The Morgan fingerprint density at radius 3 is 2.36 bits per heavy atom. The summed E-state index contributed by atoms with van der Waals surface area (Å²) < 4.78 is 0. The number of hydrogen-bond acceptors (Lipinski definition) is 2. The van der Waals surface area contributed by atoms with E-state index in [0.717, 1.165) is 17.9 Å². The summed E-state index contributed by atoms with van der Waals surface area (Å²) in [5.41, 5.74) is 0. The lowest BCUT2D eigenvalue weighted by Crippen LogP contribution is -2.50. The van der Waals surface area contributed by atoms with E-state index in [0.29, 0.717) is 0 Å². The Labute approximate surface area is 88.1 Å². The maximum atomic E-state index is 3.43. The first-order valence-electron chi connectivity index (χ1n) is 6.22. The van der Waals surface area contributed by atoms with Crippen molar-refractivity contribution in [3.63, 3.8) is 0 Å². The Balaban J connectivity index is 1.85. The third kappa shape index (κ3) is 2.29. The van der Waals surface area contributed by atoms with Gasteiger partial charge < -0.3 is 5.32 Å². The SMILES string of the molecule is CC1CCC(N2CCNCC2)CC1C. The fraction of sp³-hybridized carbons (Fsp3) is 1.00. The minimum atomic E-state index is 0.892. The molecule has 0 radical (unpaired) electrons. The van der Waals surface area contributed by atoms with Gasteiger partial charge in [-0.15, -0.1) is 0 Å². The smallest absolute Gasteiger partial charge is 0.0110 e. The minimum Gasteiger partial charge on any atom is -0.314 e. The van der Waals surface area contributed by atoms with Gasteiger partial charge in [-0.1, -0.05) is 13.8 Å². The zero-order chi connectivity index (χ0) is 9.97. The molecule has 2 heteroatoms. The maximum Gasteiger partial charge on any atom is 0.0110 e. The largest absolute Gasteiger partial charge is 0.314 e. The average Bonchev–Trinajstić information content (AvgIpc) is 2.23. The van der Waals surface area contributed by atoms with Crippen molar-refractivity contribution in [3.8, 4) is 0 Å². The second kappa shape index (κ2) is 4.63. The van der Waals surface area contributed by atoms with Gasteiger partial charge in [-0.25, -0.2) is 0 Å². The molecule has 1 aliphatic heterocycles. The van der Waals surface area contributed by atoms with Crippen LogP contribution in [0.25, 0.3) is 0 Å². The van der Waals surface area contributed by atoms with E-state index in [-0.39, 0.29) is 0 Å². The zero-order valence-electron chi connectivity index (χ0n) is 9.63. The molecule has 2 fully saturated rings. The van der Waals surface area contributed by atoms with E-state index in [2.05, 4.69) is 24.1 Å². The Kier molecular flexibility index (Phi) is 3.45. The second-order valence-electron chi connectivity index (χ2n) is 5.21. The van der Waals surface area contributed by atoms with E-state index in [1.54, 1.807) is 0 Å². The van der Waals surface area contributed by atoms with Crippen molar-refractivity contribution in [2.24, 2.45) is 11.8 Å². The lowest BCUT2D eigenvalue weighted by molar-refractivity contribution is 0.0977. The highest BCUT2D eigenvalue weighted by atomic mass is 15.2. The standard InChI is InChI=1S/C12H24N2/c1-10-3-4-12(9-11(10)2)14-7-5-13-6-8-14/h10-13H,3-9H2,1-2H3. The van der Waals surface area contributed by atoms with Crippen LogP contribution in [0, 0.1) is 11.8 Å². The molecule has 3 unspecified atom stereocenters. The van der Waals surface area contributed by atoms with Gasteiger partial charge in [0.25, 0.3) is 0 Å². The summed E-state index contributed by atoms with van der Waals surface area (Å²) in [6, 6.07) is 0.892. The van der Waals surface area contributed by atoms with Gasteiger partial charge in [0.1, 0.15) is 0 Å². The van der Waals surface area contributed by atoms with E-state index >= 15 is 0 Å². The fourth-order valence-electron chi connectivity index (χ4n) is 2.90. The molecule has 1 heterocycles. The van der Waals surface area contributed by atoms with Crippen LogP contribution in [0.15, 0.2) is 0 Å². The molecule has 1 saturated heterocycles. The Bertz CT molecular complexity index is 175. The van der Waals surface area contributed by atoms with Gasteiger partial charge in [-0.05, 0) is 31.1 Å². The van der Waals surface area contributed by atoms with Gasteiger partial charge in [0.2, 0.25) is 0 Å². The monoisotopic (exact) mass is 196 g/mol. The van der Waals surface area contributed by atoms with Gasteiger partial charge in [0, 0.05) is 32.2 Å². The third-order valence-corrected chi connectivity index (χ3v) is 4.24. The van der Waals surface area contributed by atoms with Crippen molar-refractivity contribution in [1.29, 1.82) is 0 Å². The topological polar surface area (TPSA) is 15.3 Å². The summed E-state index contributed by atoms with van der Waals surface area (Å²) in [4.78, 5) is 2.71. The molecule has 1 aliphatic carbocycles. The number of piperazine rings is 1. The van der Waals surface area contributed by atoms with E-state index in [1.807, 2.05) is 0 Å². The Morgan fingerprint density at radius 2 is 1.71 bits per heavy atom.